The number of aromatic nitrogens is 1. The molecule has 0 saturated carbocycles. The minimum absolute atomic E-state index is 0.0273. The lowest BCUT2D eigenvalue weighted by Crippen LogP contribution is -2.48. The Balaban J connectivity index is 1.91. The predicted octanol–water partition coefficient (Wildman–Crippen LogP) is 3.45. The normalized spacial score (nSPS) is 38.1. The Labute approximate surface area is 225 Å². The van der Waals surface area contributed by atoms with E-state index < -0.39 is 23.5 Å². The number of amides is 1. The molecule has 2 fully saturated rings. The van der Waals surface area contributed by atoms with Gasteiger partial charge in [-0.25, -0.2) is 4.98 Å². The number of hydrogen-bond donors (Lipinski definition) is 4. The molecule has 3 heterocycles. The highest BCUT2D eigenvalue weighted by atomic mass is 32.1. The van der Waals surface area contributed by atoms with Crippen LogP contribution in [0.15, 0.2) is 11.0 Å². The molecule has 0 radical (unpaired) electrons. The van der Waals surface area contributed by atoms with Gasteiger partial charge in [-0.15, -0.1) is 11.3 Å². The van der Waals surface area contributed by atoms with Gasteiger partial charge in [0.15, 0.2) is 0 Å². The van der Waals surface area contributed by atoms with E-state index in [1.807, 2.05) is 25.3 Å². The van der Waals surface area contributed by atoms with Gasteiger partial charge >= 0.3 is 0 Å². The topological polar surface area (TPSA) is 138 Å². The van der Waals surface area contributed by atoms with Crippen molar-refractivity contribution in [3.05, 3.63) is 21.7 Å². The fourth-order valence-electron chi connectivity index (χ4n) is 5.77. The van der Waals surface area contributed by atoms with Crippen LogP contribution in [0.3, 0.4) is 0 Å². The summed E-state index contributed by atoms with van der Waals surface area (Å²) in [6.07, 6.45) is 2.17. The first-order chi connectivity index (χ1) is 17.2. The van der Waals surface area contributed by atoms with Crippen LogP contribution >= 0.6 is 11.3 Å². The SMILES string of the molecule is C/C(=C\c1csc(CN)n1)[C@H]1NC(=O)C[C@H](O)C(C)(C)C(=O)[C@H](C)[C@@H](O)[C@@H](C)CCC[C@@]2(C)O[C@H]2[C@@H]1C. The third kappa shape index (κ3) is 6.68. The average molecular weight is 536 g/mol. The number of aliphatic hydroxyl groups is 2. The largest absolute Gasteiger partial charge is 0.392 e. The molecule has 0 aromatic carbocycles. The summed E-state index contributed by atoms with van der Waals surface area (Å²) in [5.74, 6) is -1.33. The fourth-order valence-corrected chi connectivity index (χ4v) is 6.40. The van der Waals surface area contributed by atoms with Crippen molar-refractivity contribution in [2.45, 2.75) is 111 Å². The summed E-state index contributed by atoms with van der Waals surface area (Å²) in [4.78, 5) is 31.0. The zero-order chi connectivity index (χ0) is 27.7. The number of Topliss-reactive ketones (excluding diaryl/α,β-unsaturated/α-hetero) is 1. The average Bonchev–Trinajstić information content (AvgIpc) is 3.30. The van der Waals surface area contributed by atoms with Crippen LogP contribution in [0.5, 0.6) is 0 Å². The molecule has 1 amide bonds. The number of epoxide rings is 1. The van der Waals surface area contributed by atoms with Crippen LogP contribution in [0, 0.1) is 23.2 Å². The summed E-state index contributed by atoms with van der Waals surface area (Å²) in [7, 11) is 0. The molecule has 9 heteroatoms. The lowest BCUT2D eigenvalue weighted by atomic mass is 9.72. The molecular formula is C28H45N3O5S. The zero-order valence-electron chi connectivity index (χ0n) is 23.3. The van der Waals surface area contributed by atoms with Gasteiger partial charge < -0.3 is 26.0 Å². The zero-order valence-corrected chi connectivity index (χ0v) is 24.1. The third-order valence-electron chi connectivity index (χ3n) is 8.56. The van der Waals surface area contributed by atoms with Gasteiger partial charge in [0.05, 0.1) is 47.5 Å². The summed E-state index contributed by atoms with van der Waals surface area (Å²) >= 11 is 1.50. The van der Waals surface area contributed by atoms with Crippen molar-refractivity contribution >= 4 is 29.1 Å². The summed E-state index contributed by atoms with van der Waals surface area (Å²) in [6.45, 7) is 13.5. The highest BCUT2D eigenvalue weighted by Gasteiger charge is 2.56. The second-order valence-electron chi connectivity index (χ2n) is 12.0. The van der Waals surface area contributed by atoms with Crippen molar-refractivity contribution in [3.8, 4) is 0 Å². The van der Waals surface area contributed by atoms with Crippen LogP contribution in [0.2, 0.25) is 0 Å². The van der Waals surface area contributed by atoms with Gasteiger partial charge in [0.2, 0.25) is 5.91 Å². The maximum absolute atomic E-state index is 13.3. The van der Waals surface area contributed by atoms with Gasteiger partial charge in [-0.05, 0) is 44.3 Å². The number of nitrogens with two attached hydrogens (primary N) is 1. The molecule has 1 aromatic heterocycles. The Morgan fingerprint density at radius 3 is 2.57 bits per heavy atom. The molecule has 0 spiro atoms. The van der Waals surface area contributed by atoms with Crippen molar-refractivity contribution < 1.29 is 24.5 Å². The maximum Gasteiger partial charge on any atom is 0.223 e. The monoisotopic (exact) mass is 535 g/mol. The standard InChI is InChI=1S/C28H45N3O5S/c1-15-9-8-10-28(7)26(36-28)17(3)23(16(2)11-19-14-37-22(13-29)30-19)31-21(33)12-20(32)27(5,6)25(35)18(4)24(15)34/h11,14-15,17-18,20,23-24,26,32,34H,8-10,12-13,29H2,1-7H3,(H,31,33)/b16-11+/t15-,17+,18+,20-,23+,24-,26-,28+/m0/s1. The molecule has 2 aliphatic rings. The number of thiazole rings is 1. The molecule has 0 unspecified atom stereocenters. The van der Waals surface area contributed by atoms with E-state index in [0.29, 0.717) is 6.54 Å². The van der Waals surface area contributed by atoms with Crippen LogP contribution in [0.25, 0.3) is 6.08 Å². The fraction of sp³-hybridized carbons (Fsp3) is 0.750. The summed E-state index contributed by atoms with van der Waals surface area (Å²) in [6, 6.07) is -0.332. The number of nitrogens with one attached hydrogen (secondary N) is 1. The first kappa shape index (κ1) is 29.9. The van der Waals surface area contributed by atoms with Gasteiger partial charge in [0.25, 0.3) is 0 Å². The number of fused-ring (bicyclic) bond motifs is 1. The van der Waals surface area contributed by atoms with Crippen LogP contribution in [-0.4, -0.2) is 56.8 Å². The first-order valence-corrected chi connectivity index (χ1v) is 14.3. The van der Waals surface area contributed by atoms with Crippen molar-refractivity contribution in [1.82, 2.24) is 10.3 Å². The maximum atomic E-state index is 13.3. The number of ketones is 1. The van der Waals surface area contributed by atoms with E-state index in [0.717, 1.165) is 35.5 Å². The molecule has 208 valence electrons. The van der Waals surface area contributed by atoms with Gasteiger partial charge in [-0.3, -0.25) is 9.59 Å². The predicted molar refractivity (Wildman–Crippen MR) is 146 cm³/mol. The van der Waals surface area contributed by atoms with Crippen LogP contribution < -0.4 is 11.1 Å². The highest BCUT2D eigenvalue weighted by molar-refractivity contribution is 7.09. The van der Waals surface area contributed by atoms with Crippen LogP contribution in [-0.2, 0) is 20.9 Å². The minimum Gasteiger partial charge on any atom is -0.392 e. The summed E-state index contributed by atoms with van der Waals surface area (Å²) < 4.78 is 6.21. The highest BCUT2D eigenvalue weighted by Crippen LogP contribution is 2.47. The quantitative estimate of drug-likeness (QED) is 0.435. The molecule has 3 rings (SSSR count). The number of carbonyl (C=O) groups is 2. The number of ether oxygens (including phenoxy) is 1. The van der Waals surface area contributed by atoms with Gasteiger partial charge in [0.1, 0.15) is 10.8 Å². The molecule has 0 bridgehead atoms. The van der Waals surface area contributed by atoms with Crippen molar-refractivity contribution in [1.29, 1.82) is 0 Å². The number of hydrogen-bond acceptors (Lipinski definition) is 8. The molecule has 2 aliphatic heterocycles. The molecule has 1 aromatic rings. The van der Waals surface area contributed by atoms with E-state index in [1.54, 1.807) is 20.8 Å². The van der Waals surface area contributed by atoms with E-state index in [1.165, 1.54) is 11.3 Å². The smallest absolute Gasteiger partial charge is 0.223 e. The molecule has 2 saturated heterocycles. The van der Waals surface area contributed by atoms with E-state index >= 15 is 0 Å². The minimum atomic E-state index is -1.19. The van der Waals surface area contributed by atoms with Gasteiger partial charge in [-0.1, -0.05) is 41.0 Å². The Bertz CT molecular complexity index is 1010. The Hall–Kier alpha value is -1.65. The lowest BCUT2D eigenvalue weighted by molar-refractivity contribution is -0.143. The molecule has 37 heavy (non-hydrogen) atoms. The Morgan fingerprint density at radius 2 is 1.95 bits per heavy atom. The van der Waals surface area contributed by atoms with Crippen LogP contribution in [0.1, 0.15) is 84.9 Å². The first-order valence-electron chi connectivity index (χ1n) is 13.4. The van der Waals surface area contributed by atoms with Crippen molar-refractivity contribution in [3.63, 3.8) is 0 Å². The molecule has 8 atom stereocenters. The number of aliphatic hydroxyl groups excluding tert-OH is 2. The Kier molecular flexibility index (Phi) is 9.39. The number of carbonyl (C=O) groups excluding carboxylic acids is 2. The van der Waals surface area contributed by atoms with Crippen molar-refractivity contribution in [2.75, 3.05) is 0 Å². The van der Waals surface area contributed by atoms with Gasteiger partial charge in [0, 0.05) is 23.8 Å². The molecule has 0 aliphatic carbocycles. The van der Waals surface area contributed by atoms with E-state index in [-0.39, 0.29) is 47.7 Å². The third-order valence-corrected chi connectivity index (χ3v) is 9.45. The van der Waals surface area contributed by atoms with Gasteiger partial charge in [-0.2, -0.15) is 0 Å². The molecular weight excluding hydrogens is 490 g/mol. The second kappa shape index (κ2) is 11.6. The van der Waals surface area contributed by atoms with E-state index in [4.69, 9.17) is 10.5 Å². The number of rotatable bonds is 3. The van der Waals surface area contributed by atoms with Crippen molar-refractivity contribution in [2.24, 2.45) is 28.9 Å². The second-order valence-corrected chi connectivity index (χ2v) is 12.9. The number of nitrogens with zero attached hydrogens (tertiary/aromatic N) is 1. The van der Waals surface area contributed by atoms with E-state index in [2.05, 4.69) is 24.1 Å². The lowest BCUT2D eigenvalue weighted by Gasteiger charge is -2.35. The Morgan fingerprint density at radius 1 is 1.27 bits per heavy atom. The van der Waals surface area contributed by atoms with Crippen LogP contribution in [0.4, 0.5) is 0 Å². The molecule has 8 nitrogen and oxygen atoms in total. The van der Waals surface area contributed by atoms with E-state index in [9.17, 15) is 19.8 Å². The summed E-state index contributed by atoms with van der Waals surface area (Å²) in [5.41, 5.74) is 5.96. The molecule has 5 N–H and O–H groups in total. The summed E-state index contributed by atoms with van der Waals surface area (Å²) in [5, 5.41) is 27.8.